The van der Waals surface area contributed by atoms with Crippen molar-refractivity contribution < 1.29 is 9.53 Å². The summed E-state index contributed by atoms with van der Waals surface area (Å²) in [5, 5.41) is 0. The van der Waals surface area contributed by atoms with Crippen molar-refractivity contribution in [1.82, 2.24) is 0 Å². The minimum absolute atomic E-state index is 0.0759. The van der Waals surface area contributed by atoms with E-state index in [1.165, 1.54) is 5.56 Å². The van der Waals surface area contributed by atoms with Gasteiger partial charge in [-0.15, -0.1) is 0 Å². The highest BCUT2D eigenvalue weighted by molar-refractivity contribution is 5.98. The van der Waals surface area contributed by atoms with Gasteiger partial charge in [-0.05, 0) is 45.1 Å². The second kappa shape index (κ2) is 4.95. The van der Waals surface area contributed by atoms with Crippen LogP contribution in [0.5, 0.6) is 0 Å². The third-order valence-corrected chi connectivity index (χ3v) is 4.43. The summed E-state index contributed by atoms with van der Waals surface area (Å²) in [6.45, 7) is 14.7. The van der Waals surface area contributed by atoms with Gasteiger partial charge in [-0.3, -0.25) is 4.79 Å². The third-order valence-electron chi connectivity index (χ3n) is 4.43. The van der Waals surface area contributed by atoms with E-state index in [9.17, 15) is 4.79 Å². The molecule has 0 saturated carbocycles. The number of ketones is 1. The third kappa shape index (κ3) is 3.37. The zero-order valence-corrected chi connectivity index (χ0v) is 14.4. The van der Waals surface area contributed by atoms with E-state index in [1.54, 1.807) is 0 Å². The molecule has 2 heteroatoms. The Balaban J connectivity index is 2.25. The Morgan fingerprint density at radius 2 is 1.62 bits per heavy atom. The molecule has 1 aromatic rings. The lowest BCUT2D eigenvalue weighted by Crippen LogP contribution is -2.33. The monoisotopic (exact) mass is 288 g/mol. The number of benzene rings is 1. The minimum atomic E-state index is -0.400. The average Bonchev–Trinajstić information content (AvgIpc) is 2.55. The number of hydrogen-bond donors (Lipinski definition) is 0. The summed E-state index contributed by atoms with van der Waals surface area (Å²) in [5.41, 5.74) is 1.53. The number of carbonyl (C=O) groups excluding carboxylic acids is 1. The lowest BCUT2D eigenvalue weighted by molar-refractivity contribution is -0.0712. The van der Waals surface area contributed by atoms with Gasteiger partial charge in [0, 0.05) is 5.56 Å². The summed E-state index contributed by atoms with van der Waals surface area (Å²) >= 11 is 0. The molecule has 2 rings (SSSR count). The highest BCUT2D eigenvalue weighted by Gasteiger charge is 2.49. The maximum Gasteiger partial charge on any atom is 0.168 e. The van der Waals surface area contributed by atoms with Crippen LogP contribution in [0.2, 0.25) is 0 Å². The molecule has 1 aliphatic rings. The van der Waals surface area contributed by atoms with Gasteiger partial charge in [0.2, 0.25) is 0 Å². The SMILES string of the molecule is CC1(C)CC(C(=O)c2ccc(C(C)(C)C)cc2)C(C)(C)O1. The molecule has 0 amide bonds. The highest BCUT2D eigenvalue weighted by Crippen LogP contribution is 2.43. The fraction of sp³-hybridized carbons (Fsp3) is 0.632. The molecule has 1 fully saturated rings. The van der Waals surface area contributed by atoms with Crippen LogP contribution in [0.1, 0.15) is 70.8 Å². The largest absolute Gasteiger partial charge is 0.369 e. The Bertz CT molecular complexity index is 530. The summed E-state index contributed by atoms with van der Waals surface area (Å²) in [7, 11) is 0. The molecule has 1 aliphatic heterocycles. The van der Waals surface area contributed by atoms with Crippen molar-refractivity contribution >= 4 is 5.78 Å². The minimum Gasteiger partial charge on any atom is -0.369 e. The molecule has 0 aliphatic carbocycles. The molecular formula is C19H28O2. The molecule has 21 heavy (non-hydrogen) atoms. The van der Waals surface area contributed by atoms with Crippen molar-refractivity contribution in [3.8, 4) is 0 Å². The van der Waals surface area contributed by atoms with Gasteiger partial charge in [0.05, 0.1) is 17.1 Å². The van der Waals surface area contributed by atoms with Crippen molar-refractivity contribution in [3.05, 3.63) is 35.4 Å². The molecule has 1 atom stereocenters. The van der Waals surface area contributed by atoms with E-state index in [2.05, 4.69) is 46.8 Å². The second-order valence-electron chi connectivity index (χ2n) is 8.41. The summed E-state index contributed by atoms with van der Waals surface area (Å²) in [4.78, 5) is 12.8. The smallest absolute Gasteiger partial charge is 0.168 e. The Labute approximate surface area is 128 Å². The fourth-order valence-corrected chi connectivity index (χ4v) is 3.31. The number of rotatable bonds is 2. The summed E-state index contributed by atoms with van der Waals surface area (Å²) in [6.07, 6.45) is 0.778. The number of hydrogen-bond acceptors (Lipinski definition) is 2. The Hall–Kier alpha value is -1.15. The first-order valence-electron chi connectivity index (χ1n) is 7.77. The van der Waals surface area contributed by atoms with Crippen LogP contribution in [0.15, 0.2) is 24.3 Å². The molecule has 116 valence electrons. The Kier molecular flexibility index (Phi) is 3.82. The molecule has 0 aromatic heterocycles. The molecule has 1 aromatic carbocycles. The van der Waals surface area contributed by atoms with Gasteiger partial charge in [0.25, 0.3) is 0 Å². The van der Waals surface area contributed by atoms with Crippen molar-refractivity contribution in [3.63, 3.8) is 0 Å². The quantitative estimate of drug-likeness (QED) is 0.733. The van der Waals surface area contributed by atoms with Gasteiger partial charge in [0.15, 0.2) is 5.78 Å². The van der Waals surface area contributed by atoms with E-state index in [0.29, 0.717) is 0 Å². The number of Topliss-reactive ketones (excluding diaryl/α,β-unsaturated/α-hetero) is 1. The fourth-order valence-electron chi connectivity index (χ4n) is 3.31. The van der Waals surface area contributed by atoms with Crippen LogP contribution in [0, 0.1) is 5.92 Å². The van der Waals surface area contributed by atoms with E-state index in [4.69, 9.17) is 4.74 Å². The summed E-state index contributed by atoms with van der Waals surface area (Å²) in [6, 6.07) is 8.07. The van der Waals surface area contributed by atoms with Crippen molar-refractivity contribution in [1.29, 1.82) is 0 Å². The average molecular weight is 288 g/mol. The Morgan fingerprint density at radius 3 is 2.00 bits per heavy atom. The molecular weight excluding hydrogens is 260 g/mol. The first kappa shape index (κ1) is 16.2. The normalized spacial score (nSPS) is 24.0. The van der Waals surface area contributed by atoms with Crippen molar-refractivity contribution in [2.45, 2.75) is 71.5 Å². The van der Waals surface area contributed by atoms with E-state index < -0.39 is 5.60 Å². The lowest BCUT2D eigenvalue weighted by Gasteiger charge is -2.26. The molecule has 0 N–H and O–H groups in total. The van der Waals surface area contributed by atoms with Crippen LogP contribution in [0.4, 0.5) is 0 Å². The van der Waals surface area contributed by atoms with Crippen molar-refractivity contribution in [2.24, 2.45) is 5.92 Å². The van der Waals surface area contributed by atoms with Crippen LogP contribution < -0.4 is 0 Å². The maximum absolute atomic E-state index is 12.8. The Morgan fingerprint density at radius 1 is 1.10 bits per heavy atom. The van der Waals surface area contributed by atoms with E-state index in [-0.39, 0.29) is 22.7 Å². The zero-order valence-electron chi connectivity index (χ0n) is 14.4. The predicted octanol–water partition coefficient (Wildman–Crippen LogP) is 4.76. The van der Waals surface area contributed by atoms with Crippen LogP contribution in [0.25, 0.3) is 0 Å². The molecule has 0 radical (unpaired) electrons. The lowest BCUT2D eigenvalue weighted by atomic mass is 9.80. The molecule has 1 saturated heterocycles. The summed E-state index contributed by atoms with van der Waals surface area (Å²) in [5.74, 6) is 0.124. The highest BCUT2D eigenvalue weighted by atomic mass is 16.5. The zero-order chi connectivity index (χ0) is 16.1. The van der Waals surface area contributed by atoms with Crippen LogP contribution in [0.3, 0.4) is 0 Å². The van der Waals surface area contributed by atoms with Gasteiger partial charge in [0.1, 0.15) is 0 Å². The van der Waals surface area contributed by atoms with Gasteiger partial charge < -0.3 is 4.74 Å². The first-order chi connectivity index (χ1) is 9.42. The van der Waals surface area contributed by atoms with Gasteiger partial charge in [-0.25, -0.2) is 0 Å². The predicted molar refractivity (Wildman–Crippen MR) is 86.8 cm³/mol. The number of ether oxygens (including phenoxy) is 1. The maximum atomic E-state index is 12.8. The molecule has 1 unspecified atom stereocenters. The molecule has 2 nitrogen and oxygen atoms in total. The van der Waals surface area contributed by atoms with Crippen LogP contribution in [-0.4, -0.2) is 17.0 Å². The van der Waals surface area contributed by atoms with Crippen LogP contribution >= 0.6 is 0 Å². The van der Waals surface area contributed by atoms with E-state index in [0.717, 1.165) is 12.0 Å². The number of carbonyl (C=O) groups is 1. The van der Waals surface area contributed by atoms with Gasteiger partial charge in [-0.1, -0.05) is 45.0 Å². The molecule has 0 bridgehead atoms. The molecule has 1 heterocycles. The first-order valence-corrected chi connectivity index (χ1v) is 7.77. The van der Waals surface area contributed by atoms with E-state index >= 15 is 0 Å². The van der Waals surface area contributed by atoms with Crippen LogP contribution in [-0.2, 0) is 10.2 Å². The van der Waals surface area contributed by atoms with Gasteiger partial charge >= 0.3 is 0 Å². The van der Waals surface area contributed by atoms with Crippen molar-refractivity contribution in [2.75, 3.05) is 0 Å². The van der Waals surface area contributed by atoms with Gasteiger partial charge in [-0.2, -0.15) is 0 Å². The standard InChI is InChI=1S/C19H28O2/c1-17(2,3)14-10-8-13(9-11-14)16(20)15-12-18(4,5)21-19(15,6)7/h8-11,15H,12H2,1-7H3. The second-order valence-corrected chi connectivity index (χ2v) is 8.41. The van der Waals surface area contributed by atoms with E-state index in [1.807, 2.05) is 26.0 Å². The summed E-state index contributed by atoms with van der Waals surface area (Å²) < 4.78 is 6.05. The topological polar surface area (TPSA) is 26.3 Å². The molecule has 0 spiro atoms.